The van der Waals surface area contributed by atoms with Crippen LogP contribution in [0.1, 0.15) is 76.0 Å². The van der Waals surface area contributed by atoms with Crippen molar-refractivity contribution in [3.8, 4) is 0 Å². The molecule has 0 heterocycles. The second-order valence-corrected chi connectivity index (χ2v) is 13.9. The molecular formula is C25H30Cl2O4S2. The molecule has 0 spiro atoms. The fourth-order valence-corrected chi connectivity index (χ4v) is 5.96. The molecule has 0 aliphatic rings. The van der Waals surface area contributed by atoms with Crippen LogP contribution in [0.15, 0.2) is 64.4 Å². The largest absolute Gasteiger partial charge is 0.261 e. The maximum Gasteiger partial charge on any atom is 0.261 e. The zero-order chi connectivity index (χ0) is 25.1. The van der Waals surface area contributed by atoms with Gasteiger partial charge in [0, 0.05) is 21.4 Å². The highest BCUT2D eigenvalue weighted by atomic mass is 35.7. The lowest BCUT2D eigenvalue weighted by Crippen LogP contribution is -2.08. The summed E-state index contributed by atoms with van der Waals surface area (Å²) in [6.07, 6.45) is 0. The third kappa shape index (κ3) is 7.19. The van der Waals surface area contributed by atoms with Crippen molar-refractivity contribution in [3.63, 3.8) is 0 Å². The van der Waals surface area contributed by atoms with Gasteiger partial charge in [-0.1, -0.05) is 84.0 Å². The molecule has 3 aromatic carbocycles. The first-order chi connectivity index (χ1) is 15.1. The minimum Gasteiger partial charge on any atom is -0.207 e. The molecule has 0 radical (unpaired) electrons. The van der Waals surface area contributed by atoms with Gasteiger partial charge in [0.05, 0.1) is 9.79 Å². The standard InChI is InChI=1S/C15H23ClO2S.C10H7ClO2S/c1-9(2)12-7-13(10(3)4)15(19(16,17)18)14(8-12)11(5)6;11-14(12,13)10-6-5-8-3-1-2-4-9(8)7-10/h7-11H,1-6H3;1-7H. The van der Waals surface area contributed by atoms with Crippen molar-refractivity contribution < 1.29 is 16.8 Å². The summed E-state index contributed by atoms with van der Waals surface area (Å²) in [7, 11) is 3.55. The van der Waals surface area contributed by atoms with Gasteiger partial charge >= 0.3 is 0 Å². The predicted octanol–water partition coefficient (Wildman–Crippen LogP) is 7.75. The van der Waals surface area contributed by atoms with Crippen LogP contribution in [0.5, 0.6) is 0 Å². The molecule has 0 bridgehead atoms. The monoisotopic (exact) mass is 528 g/mol. The van der Waals surface area contributed by atoms with E-state index in [2.05, 4.69) is 13.8 Å². The normalized spacial score (nSPS) is 12.3. The molecule has 0 atom stereocenters. The van der Waals surface area contributed by atoms with E-state index < -0.39 is 18.1 Å². The summed E-state index contributed by atoms with van der Waals surface area (Å²) in [5, 5.41) is 1.87. The van der Waals surface area contributed by atoms with Crippen molar-refractivity contribution in [1.82, 2.24) is 0 Å². The van der Waals surface area contributed by atoms with Crippen LogP contribution in [0.4, 0.5) is 0 Å². The number of fused-ring (bicyclic) bond motifs is 1. The average molecular weight is 530 g/mol. The Hall–Kier alpha value is -1.60. The first kappa shape index (κ1) is 27.6. The van der Waals surface area contributed by atoms with Crippen LogP contribution in [0.3, 0.4) is 0 Å². The van der Waals surface area contributed by atoms with Crippen molar-refractivity contribution in [3.05, 3.63) is 71.3 Å². The van der Waals surface area contributed by atoms with E-state index in [-0.39, 0.29) is 16.7 Å². The summed E-state index contributed by atoms with van der Waals surface area (Å²) in [6.45, 7) is 12.2. The number of hydrogen-bond donors (Lipinski definition) is 0. The van der Waals surface area contributed by atoms with Crippen LogP contribution in [-0.2, 0) is 18.1 Å². The molecule has 3 aromatic rings. The highest BCUT2D eigenvalue weighted by molar-refractivity contribution is 8.14. The lowest BCUT2D eigenvalue weighted by Gasteiger charge is -2.20. The Balaban J connectivity index is 0.000000243. The average Bonchev–Trinajstić information content (AvgIpc) is 2.71. The van der Waals surface area contributed by atoms with Gasteiger partial charge in [0.2, 0.25) is 0 Å². The minimum absolute atomic E-state index is 0.125. The molecule has 0 saturated heterocycles. The van der Waals surface area contributed by atoms with Crippen LogP contribution in [-0.4, -0.2) is 16.8 Å². The number of benzene rings is 3. The Morgan fingerprint density at radius 2 is 1.09 bits per heavy atom. The van der Waals surface area contributed by atoms with Crippen molar-refractivity contribution >= 4 is 50.2 Å². The van der Waals surface area contributed by atoms with E-state index in [1.165, 1.54) is 6.07 Å². The third-order valence-electron chi connectivity index (χ3n) is 5.33. The fourth-order valence-electron chi connectivity index (χ4n) is 3.49. The quantitative estimate of drug-likeness (QED) is 0.317. The molecule has 0 N–H and O–H groups in total. The summed E-state index contributed by atoms with van der Waals surface area (Å²) >= 11 is 0. The van der Waals surface area contributed by atoms with Gasteiger partial charge in [0.1, 0.15) is 0 Å². The van der Waals surface area contributed by atoms with E-state index >= 15 is 0 Å². The molecule has 0 aromatic heterocycles. The van der Waals surface area contributed by atoms with Gasteiger partial charge in [-0.15, -0.1) is 0 Å². The van der Waals surface area contributed by atoms with E-state index in [9.17, 15) is 16.8 Å². The summed E-state index contributed by atoms with van der Waals surface area (Å²) in [6, 6.07) is 16.3. The summed E-state index contributed by atoms with van der Waals surface area (Å²) < 4.78 is 45.9. The van der Waals surface area contributed by atoms with Crippen molar-refractivity contribution in [2.45, 2.75) is 69.1 Å². The van der Waals surface area contributed by atoms with Gasteiger partial charge in [0.15, 0.2) is 0 Å². The fraction of sp³-hybridized carbons (Fsp3) is 0.360. The molecule has 3 rings (SSSR count). The second kappa shape index (κ2) is 10.8. The smallest absolute Gasteiger partial charge is 0.207 e. The zero-order valence-corrected chi connectivity index (χ0v) is 22.8. The molecule has 0 amide bonds. The Bertz CT molecular complexity index is 1310. The maximum atomic E-state index is 11.9. The van der Waals surface area contributed by atoms with Crippen LogP contribution >= 0.6 is 21.4 Å². The van der Waals surface area contributed by atoms with Crippen molar-refractivity contribution in [2.24, 2.45) is 0 Å². The van der Waals surface area contributed by atoms with Gasteiger partial charge in [-0.05, 0) is 57.3 Å². The molecular weight excluding hydrogens is 499 g/mol. The lowest BCUT2D eigenvalue weighted by atomic mass is 9.89. The molecule has 0 saturated carbocycles. The van der Waals surface area contributed by atoms with E-state index in [0.29, 0.717) is 10.8 Å². The molecule has 8 heteroatoms. The van der Waals surface area contributed by atoms with Gasteiger partial charge < -0.3 is 0 Å². The maximum absolute atomic E-state index is 11.9. The predicted molar refractivity (Wildman–Crippen MR) is 139 cm³/mol. The van der Waals surface area contributed by atoms with Gasteiger partial charge in [-0.2, -0.15) is 0 Å². The summed E-state index contributed by atoms with van der Waals surface area (Å²) in [4.78, 5) is 0.446. The Morgan fingerprint density at radius 3 is 1.48 bits per heavy atom. The molecule has 0 fully saturated rings. The zero-order valence-electron chi connectivity index (χ0n) is 19.6. The SMILES string of the molecule is CC(C)c1cc(C(C)C)c(S(=O)(=O)Cl)c(C(C)C)c1.O=S(=O)(Cl)c1ccc2ccccc2c1. The van der Waals surface area contributed by atoms with E-state index in [4.69, 9.17) is 21.4 Å². The number of hydrogen-bond acceptors (Lipinski definition) is 4. The van der Waals surface area contributed by atoms with E-state index in [1.807, 2.05) is 64.1 Å². The van der Waals surface area contributed by atoms with E-state index in [1.54, 1.807) is 12.1 Å². The molecule has 33 heavy (non-hydrogen) atoms. The van der Waals surface area contributed by atoms with Crippen molar-refractivity contribution in [2.75, 3.05) is 0 Å². The Labute approximate surface area is 206 Å². The van der Waals surface area contributed by atoms with Gasteiger partial charge in [-0.3, -0.25) is 0 Å². The highest BCUT2D eigenvalue weighted by Gasteiger charge is 2.25. The van der Waals surface area contributed by atoms with Crippen molar-refractivity contribution in [1.29, 1.82) is 0 Å². The van der Waals surface area contributed by atoms with Gasteiger partial charge in [-0.25, -0.2) is 16.8 Å². The molecule has 180 valence electrons. The Kier molecular flexibility index (Phi) is 9.02. The minimum atomic E-state index is -3.72. The van der Waals surface area contributed by atoms with Gasteiger partial charge in [0.25, 0.3) is 18.1 Å². The Morgan fingerprint density at radius 1 is 0.606 bits per heavy atom. The molecule has 4 nitrogen and oxygen atoms in total. The summed E-state index contributed by atoms with van der Waals surface area (Å²) in [5.74, 6) is 0.613. The summed E-state index contributed by atoms with van der Waals surface area (Å²) in [5.41, 5.74) is 2.81. The third-order valence-corrected chi connectivity index (χ3v) is 8.10. The lowest BCUT2D eigenvalue weighted by molar-refractivity contribution is 0.603. The second-order valence-electron chi connectivity index (χ2n) is 8.88. The molecule has 0 unspecified atom stereocenters. The first-order valence-corrected chi connectivity index (χ1v) is 15.3. The van der Waals surface area contributed by atoms with Crippen LogP contribution in [0, 0.1) is 0 Å². The van der Waals surface area contributed by atoms with E-state index in [0.717, 1.165) is 27.5 Å². The van der Waals surface area contributed by atoms with Crippen LogP contribution < -0.4 is 0 Å². The van der Waals surface area contributed by atoms with Crippen LogP contribution in [0.2, 0.25) is 0 Å². The topological polar surface area (TPSA) is 68.3 Å². The highest BCUT2D eigenvalue weighted by Crippen LogP contribution is 2.36. The van der Waals surface area contributed by atoms with Crippen LogP contribution in [0.25, 0.3) is 10.8 Å². The molecule has 0 aliphatic heterocycles. The number of halogens is 2. The first-order valence-electron chi connectivity index (χ1n) is 10.7. The molecule has 0 aliphatic carbocycles. The number of rotatable bonds is 5.